The molecular weight excluding hydrogens is 268 g/mol. The van der Waals surface area contributed by atoms with Crippen LogP contribution in [0.2, 0.25) is 0 Å². The molecule has 112 valence electrons. The van der Waals surface area contributed by atoms with Crippen molar-refractivity contribution < 1.29 is 9.59 Å². The SMILES string of the molecule is O=C1NC[C@@H](C(=O)NCc2ccc(N3CCCC3)cc2)N1. The summed E-state index contributed by atoms with van der Waals surface area (Å²) in [5.74, 6) is -0.156. The summed E-state index contributed by atoms with van der Waals surface area (Å²) in [5, 5.41) is 7.98. The van der Waals surface area contributed by atoms with Crippen molar-refractivity contribution in [3.05, 3.63) is 29.8 Å². The van der Waals surface area contributed by atoms with Gasteiger partial charge in [-0.15, -0.1) is 0 Å². The average Bonchev–Trinajstić information content (AvgIpc) is 3.16. The van der Waals surface area contributed by atoms with E-state index in [1.165, 1.54) is 18.5 Å². The van der Waals surface area contributed by atoms with Crippen LogP contribution in [-0.2, 0) is 11.3 Å². The number of rotatable bonds is 4. The number of amides is 3. The fraction of sp³-hybridized carbons (Fsp3) is 0.467. The molecule has 6 heteroatoms. The Bertz CT molecular complexity index is 523. The van der Waals surface area contributed by atoms with Crippen LogP contribution >= 0.6 is 0 Å². The molecule has 1 aromatic carbocycles. The molecule has 0 bridgehead atoms. The van der Waals surface area contributed by atoms with Crippen LogP contribution in [0.3, 0.4) is 0 Å². The molecule has 2 aliphatic rings. The van der Waals surface area contributed by atoms with E-state index in [4.69, 9.17) is 0 Å². The highest BCUT2D eigenvalue weighted by atomic mass is 16.2. The standard InChI is InChI=1S/C15H20N4O2/c20-14(13-10-17-15(21)18-13)16-9-11-3-5-12(6-4-11)19-7-1-2-8-19/h3-6,13H,1-2,7-10H2,(H,16,20)(H2,17,18,21)/t13-/m0/s1. The van der Waals surface area contributed by atoms with Gasteiger partial charge in [-0.2, -0.15) is 0 Å². The maximum atomic E-state index is 11.9. The summed E-state index contributed by atoms with van der Waals surface area (Å²) in [6.07, 6.45) is 2.53. The van der Waals surface area contributed by atoms with Crippen LogP contribution in [0, 0.1) is 0 Å². The van der Waals surface area contributed by atoms with Crippen LogP contribution in [-0.4, -0.2) is 37.6 Å². The van der Waals surface area contributed by atoms with Gasteiger partial charge in [-0.3, -0.25) is 4.79 Å². The highest BCUT2D eigenvalue weighted by Crippen LogP contribution is 2.20. The van der Waals surface area contributed by atoms with Crippen LogP contribution in [0.5, 0.6) is 0 Å². The lowest BCUT2D eigenvalue weighted by atomic mass is 10.2. The van der Waals surface area contributed by atoms with E-state index in [1.807, 2.05) is 12.1 Å². The van der Waals surface area contributed by atoms with Crippen molar-refractivity contribution in [2.45, 2.75) is 25.4 Å². The van der Waals surface area contributed by atoms with Gasteiger partial charge in [0.05, 0.1) is 0 Å². The van der Waals surface area contributed by atoms with Crippen molar-refractivity contribution in [3.8, 4) is 0 Å². The number of carbonyl (C=O) groups excluding carboxylic acids is 2. The summed E-state index contributed by atoms with van der Waals surface area (Å²) in [6, 6.07) is 7.53. The van der Waals surface area contributed by atoms with E-state index in [1.54, 1.807) is 0 Å². The normalized spacial score (nSPS) is 21.0. The predicted octanol–water partition coefficient (Wildman–Crippen LogP) is 0.584. The molecule has 3 N–H and O–H groups in total. The number of urea groups is 1. The first kappa shape index (κ1) is 13.7. The Morgan fingerprint density at radius 3 is 2.57 bits per heavy atom. The maximum absolute atomic E-state index is 11.9. The van der Waals surface area contributed by atoms with E-state index in [0.717, 1.165) is 18.7 Å². The summed E-state index contributed by atoms with van der Waals surface area (Å²) in [6.45, 7) is 3.08. The van der Waals surface area contributed by atoms with E-state index >= 15 is 0 Å². The van der Waals surface area contributed by atoms with Crippen LogP contribution in [0.4, 0.5) is 10.5 Å². The molecule has 6 nitrogen and oxygen atoms in total. The largest absolute Gasteiger partial charge is 0.372 e. The maximum Gasteiger partial charge on any atom is 0.315 e. The van der Waals surface area contributed by atoms with Gasteiger partial charge in [-0.05, 0) is 30.5 Å². The number of hydrogen-bond donors (Lipinski definition) is 3. The Kier molecular flexibility index (Phi) is 3.94. The molecule has 1 aromatic rings. The monoisotopic (exact) mass is 288 g/mol. The Balaban J connectivity index is 1.51. The fourth-order valence-electron chi connectivity index (χ4n) is 2.73. The molecule has 3 rings (SSSR count). The zero-order valence-corrected chi connectivity index (χ0v) is 11.9. The number of carbonyl (C=O) groups is 2. The van der Waals surface area contributed by atoms with Gasteiger partial charge in [0.1, 0.15) is 6.04 Å². The minimum absolute atomic E-state index is 0.156. The molecule has 3 amide bonds. The molecule has 1 atom stereocenters. The highest BCUT2D eigenvalue weighted by molar-refractivity contribution is 5.90. The molecule has 21 heavy (non-hydrogen) atoms. The Labute approximate surface area is 123 Å². The summed E-state index contributed by atoms with van der Waals surface area (Å²) < 4.78 is 0. The number of nitrogens with one attached hydrogen (secondary N) is 3. The summed E-state index contributed by atoms with van der Waals surface area (Å²) in [5.41, 5.74) is 2.30. The zero-order chi connectivity index (χ0) is 14.7. The topological polar surface area (TPSA) is 73.5 Å². The third kappa shape index (κ3) is 3.26. The number of hydrogen-bond acceptors (Lipinski definition) is 3. The van der Waals surface area contributed by atoms with Crippen molar-refractivity contribution in [2.24, 2.45) is 0 Å². The summed E-state index contributed by atoms with van der Waals surface area (Å²) in [7, 11) is 0. The minimum atomic E-state index is -0.471. The van der Waals surface area contributed by atoms with Gasteiger partial charge in [0.15, 0.2) is 0 Å². The lowest BCUT2D eigenvalue weighted by Crippen LogP contribution is -2.42. The summed E-state index contributed by atoms with van der Waals surface area (Å²) in [4.78, 5) is 25.2. The smallest absolute Gasteiger partial charge is 0.315 e. The number of anilines is 1. The molecular formula is C15H20N4O2. The molecule has 2 saturated heterocycles. The number of benzene rings is 1. The van der Waals surface area contributed by atoms with E-state index < -0.39 is 6.04 Å². The second kappa shape index (κ2) is 6.03. The zero-order valence-electron chi connectivity index (χ0n) is 11.9. The van der Waals surface area contributed by atoms with E-state index in [9.17, 15) is 9.59 Å². The molecule has 0 radical (unpaired) electrons. The lowest BCUT2D eigenvalue weighted by Gasteiger charge is -2.18. The van der Waals surface area contributed by atoms with Crippen LogP contribution in [0.25, 0.3) is 0 Å². The first-order valence-corrected chi connectivity index (χ1v) is 7.38. The molecule has 2 fully saturated rings. The third-order valence-electron chi connectivity index (χ3n) is 3.96. The second-order valence-electron chi connectivity index (χ2n) is 5.49. The Morgan fingerprint density at radius 1 is 1.24 bits per heavy atom. The van der Waals surface area contributed by atoms with E-state index in [2.05, 4.69) is 33.0 Å². The van der Waals surface area contributed by atoms with Gasteiger partial charge in [-0.1, -0.05) is 12.1 Å². The van der Waals surface area contributed by atoms with E-state index in [-0.39, 0.29) is 11.9 Å². The Morgan fingerprint density at radius 2 is 1.95 bits per heavy atom. The van der Waals surface area contributed by atoms with Gasteiger partial charge in [0.25, 0.3) is 0 Å². The van der Waals surface area contributed by atoms with Gasteiger partial charge in [-0.25, -0.2) is 4.79 Å². The third-order valence-corrected chi connectivity index (χ3v) is 3.96. The van der Waals surface area contributed by atoms with Crippen LogP contribution in [0.1, 0.15) is 18.4 Å². The van der Waals surface area contributed by atoms with Crippen LogP contribution < -0.4 is 20.9 Å². The van der Waals surface area contributed by atoms with Gasteiger partial charge < -0.3 is 20.9 Å². The van der Waals surface area contributed by atoms with E-state index in [0.29, 0.717) is 13.1 Å². The molecule has 0 aromatic heterocycles. The lowest BCUT2D eigenvalue weighted by molar-refractivity contribution is -0.122. The van der Waals surface area contributed by atoms with Gasteiger partial charge >= 0.3 is 6.03 Å². The van der Waals surface area contributed by atoms with Crippen molar-refractivity contribution in [3.63, 3.8) is 0 Å². The second-order valence-corrected chi connectivity index (χ2v) is 5.49. The van der Waals surface area contributed by atoms with Gasteiger partial charge in [0.2, 0.25) is 5.91 Å². The van der Waals surface area contributed by atoms with Crippen molar-refractivity contribution in [1.82, 2.24) is 16.0 Å². The summed E-state index contributed by atoms with van der Waals surface area (Å²) >= 11 is 0. The van der Waals surface area contributed by atoms with Crippen molar-refractivity contribution >= 4 is 17.6 Å². The predicted molar refractivity (Wildman–Crippen MR) is 80.1 cm³/mol. The highest BCUT2D eigenvalue weighted by Gasteiger charge is 2.26. The number of nitrogens with zero attached hydrogens (tertiary/aromatic N) is 1. The fourth-order valence-corrected chi connectivity index (χ4v) is 2.73. The first-order valence-electron chi connectivity index (χ1n) is 7.38. The first-order chi connectivity index (χ1) is 10.2. The Hall–Kier alpha value is -2.24. The average molecular weight is 288 g/mol. The molecule has 2 heterocycles. The molecule has 0 spiro atoms. The molecule has 0 unspecified atom stereocenters. The van der Waals surface area contributed by atoms with Crippen LogP contribution in [0.15, 0.2) is 24.3 Å². The molecule has 0 saturated carbocycles. The van der Waals surface area contributed by atoms with Crippen molar-refractivity contribution in [2.75, 3.05) is 24.5 Å². The minimum Gasteiger partial charge on any atom is -0.372 e. The molecule has 2 aliphatic heterocycles. The molecule has 0 aliphatic carbocycles. The van der Waals surface area contributed by atoms with Gasteiger partial charge in [0, 0.05) is 31.9 Å². The van der Waals surface area contributed by atoms with Crippen molar-refractivity contribution in [1.29, 1.82) is 0 Å². The quantitative estimate of drug-likeness (QED) is 0.759.